The van der Waals surface area contributed by atoms with E-state index in [0.717, 1.165) is 45.5 Å². The molecular formula is C25H27ClN6O3S. The first-order chi connectivity index (χ1) is 17.3. The van der Waals surface area contributed by atoms with Crippen LogP contribution < -0.4 is 5.32 Å². The monoisotopic (exact) mass is 526 g/mol. The zero-order chi connectivity index (χ0) is 25.4. The van der Waals surface area contributed by atoms with Crippen molar-refractivity contribution < 1.29 is 14.3 Å². The lowest BCUT2D eigenvalue weighted by Crippen LogP contribution is -2.51. The van der Waals surface area contributed by atoms with Gasteiger partial charge in [-0.15, -0.1) is 0 Å². The third-order valence-corrected chi connectivity index (χ3v) is 7.70. The number of methoxy groups -OCH3 is 1. The zero-order valence-electron chi connectivity index (χ0n) is 20.2. The highest BCUT2D eigenvalue weighted by Crippen LogP contribution is 2.34. The first kappa shape index (κ1) is 24.3. The van der Waals surface area contributed by atoms with Gasteiger partial charge in [0.2, 0.25) is 5.91 Å². The second-order valence-corrected chi connectivity index (χ2v) is 10.6. The van der Waals surface area contributed by atoms with Crippen molar-refractivity contribution in [2.24, 2.45) is 5.92 Å². The quantitative estimate of drug-likeness (QED) is 0.361. The predicted molar refractivity (Wildman–Crippen MR) is 139 cm³/mol. The average molecular weight is 527 g/mol. The van der Waals surface area contributed by atoms with E-state index in [2.05, 4.69) is 21.5 Å². The molecule has 9 nitrogen and oxygen atoms in total. The van der Waals surface area contributed by atoms with Crippen LogP contribution in [-0.4, -0.2) is 55.9 Å². The summed E-state index contributed by atoms with van der Waals surface area (Å²) in [6, 6.07) is 6.89. The Bertz CT molecular complexity index is 1360. The van der Waals surface area contributed by atoms with E-state index in [1.54, 1.807) is 22.4 Å². The highest BCUT2D eigenvalue weighted by molar-refractivity contribution is 7.20. The summed E-state index contributed by atoms with van der Waals surface area (Å²) in [4.78, 5) is 41.7. The molecule has 1 aromatic carbocycles. The fraction of sp³-hybridized carbons (Fsp3) is 0.360. The molecule has 0 bridgehead atoms. The molecule has 11 heteroatoms. The Kier molecular flexibility index (Phi) is 6.72. The fourth-order valence-corrected chi connectivity index (χ4v) is 5.60. The third kappa shape index (κ3) is 4.70. The van der Waals surface area contributed by atoms with E-state index >= 15 is 0 Å². The molecule has 1 aliphatic heterocycles. The van der Waals surface area contributed by atoms with Crippen molar-refractivity contribution in [1.82, 2.24) is 29.6 Å². The Morgan fingerprint density at radius 1 is 1.25 bits per heavy atom. The number of amides is 2. The molecule has 36 heavy (non-hydrogen) atoms. The summed E-state index contributed by atoms with van der Waals surface area (Å²) in [6.45, 7) is 4.41. The lowest BCUT2D eigenvalue weighted by atomic mass is 10.0. The lowest BCUT2D eigenvalue weighted by molar-refractivity contribution is -0.135. The number of aromatic amines is 1. The predicted octanol–water partition coefficient (Wildman–Crippen LogP) is 5.15. The Balaban J connectivity index is 1.35. The van der Waals surface area contributed by atoms with Gasteiger partial charge in [0.05, 0.1) is 29.9 Å². The van der Waals surface area contributed by atoms with Crippen molar-refractivity contribution in [1.29, 1.82) is 0 Å². The molecule has 0 radical (unpaired) electrons. The summed E-state index contributed by atoms with van der Waals surface area (Å²) in [5.41, 5.74) is 2.67. The summed E-state index contributed by atoms with van der Waals surface area (Å²) < 4.78 is 6.71. The van der Waals surface area contributed by atoms with Crippen molar-refractivity contribution in [3.05, 3.63) is 53.7 Å². The first-order valence-corrected chi connectivity index (χ1v) is 13.0. The van der Waals surface area contributed by atoms with E-state index in [9.17, 15) is 9.59 Å². The fourth-order valence-electron chi connectivity index (χ4n) is 4.50. The van der Waals surface area contributed by atoms with E-state index in [0.29, 0.717) is 11.6 Å². The second-order valence-electron chi connectivity index (χ2n) is 9.15. The number of hydrogen-bond acceptors (Lipinski definition) is 6. The second kappa shape index (κ2) is 9.94. The van der Waals surface area contributed by atoms with Crippen molar-refractivity contribution >= 4 is 39.9 Å². The largest absolute Gasteiger partial charge is 0.453 e. The molecule has 4 heterocycles. The number of benzene rings is 1. The number of rotatable bonds is 6. The van der Waals surface area contributed by atoms with Crippen molar-refractivity contribution in [3.63, 3.8) is 0 Å². The number of carbonyl (C=O) groups excluding carboxylic acids is 2. The number of carbonyl (C=O) groups is 2. The van der Waals surface area contributed by atoms with Crippen LogP contribution in [0, 0.1) is 5.92 Å². The van der Waals surface area contributed by atoms with Crippen LogP contribution in [0.3, 0.4) is 0 Å². The number of imidazole rings is 2. The van der Waals surface area contributed by atoms with Crippen LogP contribution in [0.4, 0.5) is 4.79 Å². The number of aromatic nitrogens is 4. The van der Waals surface area contributed by atoms with Crippen molar-refractivity contribution in [3.8, 4) is 21.8 Å². The molecule has 2 N–H and O–H groups in total. The molecule has 5 rings (SSSR count). The number of likely N-dealkylation sites (tertiary alicyclic amines) is 1. The molecular weight excluding hydrogens is 500 g/mol. The van der Waals surface area contributed by atoms with Gasteiger partial charge in [-0.25, -0.2) is 14.8 Å². The maximum atomic E-state index is 13.3. The summed E-state index contributed by atoms with van der Waals surface area (Å²) >= 11 is 7.61. The number of thiazole rings is 1. The van der Waals surface area contributed by atoms with E-state index in [4.69, 9.17) is 21.3 Å². The highest BCUT2D eigenvalue weighted by atomic mass is 35.5. The van der Waals surface area contributed by atoms with Gasteiger partial charge in [0.15, 0.2) is 4.96 Å². The van der Waals surface area contributed by atoms with E-state index in [1.165, 1.54) is 7.11 Å². The number of H-pyrrole nitrogens is 1. The van der Waals surface area contributed by atoms with Gasteiger partial charge in [-0.3, -0.25) is 9.20 Å². The van der Waals surface area contributed by atoms with E-state index < -0.39 is 12.1 Å². The number of nitrogens with one attached hydrogen (secondary N) is 2. The molecule has 2 atom stereocenters. The summed E-state index contributed by atoms with van der Waals surface area (Å²) in [5, 5.41) is 3.38. The lowest BCUT2D eigenvalue weighted by Gasteiger charge is -2.29. The minimum Gasteiger partial charge on any atom is -0.453 e. The van der Waals surface area contributed by atoms with Crippen molar-refractivity contribution in [2.45, 2.75) is 38.8 Å². The van der Waals surface area contributed by atoms with Gasteiger partial charge in [-0.2, -0.15) is 0 Å². The van der Waals surface area contributed by atoms with Gasteiger partial charge < -0.3 is 19.9 Å². The van der Waals surface area contributed by atoms with Gasteiger partial charge in [0, 0.05) is 24.0 Å². The Morgan fingerprint density at radius 2 is 2.03 bits per heavy atom. The van der Waals surface area contributed by atoms with Crippen LogP contribution in [0.1, 0.15) is 38.6 Å². The normalized spacial score (nSPS) is 16.6. The minimum absolute atomic E-state index is 0.0822. The van der Waals surface area contributed by atoms with Crippen LogP contribution in [0.25, 0.3) is 26.8 Å². The van der Waals surface area contributed by atoms with Crippen molar-refractivity contribution in [2.75, 3.05) is 13.7 Å². The highest BCUT2D eigenvalue weighted by Gasteiger charge is 2.37. The summed E-state index contributed by atoms with van der Waals surface area (Å²) in [5.74, 6) is 0.504. The molecule has 0 saturated carbocycles. The van der Waals surface area contributed by atoms with Crippen LogP contribution in [0.15, 0.2) is 42.9 Å². The van der Waals surface area contributed by atoms with Gasteiger partial charge in [-0.05, 0) is 36.5 Å². The Hall–Kier alpha value is -3.37. The van der Waals surface area contributed by atoms with Gasteiger partial charge in [-0.1, -0.05) is 48.9 Å². The van der Waals surface area contributed by atoms with Gasteiger partial charge in [0.25, 0.3) is 0 Å². The molecule has 1 saturated heterocycles. The topological polar surface area (TPSA) is 105 Å². The molecule has 3 aromatic heterocycles. The molecule has 1 fully saturated rings. The molecule has 188 valence electrons. The number of hydrogen-bond donors (Lipinski definition) is 2. The number of nitrogens with zero attached hydrogens (tertiary/aromatic N) is 4. The summed E-state index contributed by atoms with van der Waals surface area (Å²) in [7, 11) is 1.29. The van der Waals surface area contributed by atoms with Crippen LogP contribution in [0.2, 0.25) is 5.02 Å². The number of halogens is 1. The minimum atomic E-state index is -0.665. The Morgan fingerprint density at radius 3 is 2.72 bits per heavy atom. The zero-order valence-corrected chi connectivity index (χ0v) is 21.8. The molecule has 0 spiro atoms. The molecule has 2 unspecified atom stereocenters. The van der Waals surface area contributed by atoms with Crippen LogP contribution >= 0.6 is 22.9 Å². The SMILES string of the molecule is COC(=O)NC(C(=O)N1CCCC1c1ncc(-c2cn3cc(-c4ccc(Cl)cc4)sc3n2)[nH]1)C(C)C. The first-order valence-electron chi connectivity index (χ1n) is 11.8. The standard InChI is InChI=1S/C25H27ClN6O3S/c1-14(2)21(30-25(34)35-3)23(33)32-10-4-5-19(32)22-27-11-17(28-22)18-12-31-13-20(36-24(31)29-18)15-6-8-16(26)9-7-15/h6-9,11-14,19,21H,4-5,10H2,1-3H3,(H,27,28)(H,30,34). The average Bonchev–Trinajstić information content (AvgIpc) is 3.64. The number of ether oxygens (including phenoxy) is 1. The third-order valence-electron chi connectivity index (χ3n) is 6.40. The van der Waals surface area contributed by atoms with E-state index in [-0.39, 0.29) is 17.9 Å². The summed E-state index contributed by atoms with van der Waals surface area (Å²) in [6.07, 6.45) is 6.82. The molecule has 2 amide bonds. The molecule has 4 aromatic rings. The Labute approximate surface area is 217 Å². The molecule has 0 aliphatic carbocycles. The van der Waals surface area contributed by atoms with Crippen LogP contribution in [-0.2, 0) is 9.53 Å². The molecule has 1 aliphatic rings. The maximum Gasteiger partial charge on any atom is 0.407 e. The van der Waals surface area contributed by atoms with Crippen LogP contribution in [0.5, 0.6) is 0 Å². The van der Waals surface area contributed by atoms with Gasteiger partial charge in [0.1, 0.15) is 17.6 Å². The number of alkyl carbamates (subject to hydrolysis) is 1. The smallest absolute Gasteiger partial charge is 0.407 e. The maximum absolute atomic E-state index is 13.3. The van der Waals surface area contributed by atoms with E-state index in [1.807, 2.05) is 48.7 Å². The number of fused-ring (bicyclic) bond motifs is 1. The van der Waals surface area contributed by atoms with Gasteiger partial charge >= 0.3 is 6.09 Å².